The Morgan fingerprint density at radius 3 is 2.37 bits per heavy atom. The normalized spacial score (nSPS) is 12.9. The second kappa shape index (κ2) is 7.70. The van der Waals surface area contributed by atoms with Crippen LogP contribution >= 0.6 is 0 Å². The van der Waals surface area contributed by atoms with E-state index >= 15 is 0 Å². The summed E-state index contributed by atoms with van der Waals surface area (Å²) in [5.41, 5.74) is 4.55. The minimum absolute atomic E-state index is 0.00982. The third-order valence-corrected chi connectivity index (χ3v) is 5.44. The summed E-state index contributed by atoms with van der Waals surface area (Å²) < 4.78 is 105. The topological polar surface area (TPSA) is 73.8 Å². The average Bonchev–Trinajstić information content (AvgIpc) is 2.99. The van der Waals surface area contributed by atoms with Crippen LogP contribution in [0.2, 0.25) is 0 Å². The van der Waals surface area contributed by atoms with Gasteiger partial charge in [-0.25, -0.2) is 17.6 Å². The van der Waals surface area contributed by atoms with Crippen molar-refractivity contribution in [1.29, 1.82) is 0 Å². The molecule has 0 fully saturated rings. The summed E-state index contributed by atoms with van der Waals surface area (Å²) in [6, 6.07) is 3.14. The molecule has 1 aromatic heterocycles. The first-order chi connectivity index (χ1) is 13.9. The molecule has 0 saturated carbocycles. The lowest BCUT2D eigenvalue weighted by Gasteiger charge is -2.12. The van der Waals surface area contributed by atoms with Crippen molar-refractivity contribution in [2.24, 2.45) is 0 Å². The Morgan fingerprint density at radius 2 is 1.73 bits per heavy atom. The van der Waals surface area contributed by atoms with Gasteiger partial charge in [0.2, 0.25) is 5.95 Å². The minimum Gasteiger partial charge on any atom is -0.368 e. The predicted molar refractivity (Wildman–Crippen MR) is 93.1 cm³/mol. The van der Waals surface area contributed by atoms with Crippen molar-refractivity contribution >= 4 is 16.7 Å². The van der Waals surface area contributed by atoms with Gasteiger partial charge in [0.25, 0.3) is 0 Å². The van der Waals surface area contributed by atoms with Gasteiger partial charge in [0.1, 0.15) is 17.3 Å². The van der Waals surface area contributed by atoms with Crippen LogP contribution in [0.5, 0.6) is 0 Å². The molecule has 0 saturated heterocycles. The Bertz CT molecular complexity index is 1160. The zero-order valence-electron chi connectivity index (χ0n) is 14.9. The Balaban J connectivity index is 2.10. The van der Waals surface area contributed by atoms with Gasteiger partial charge < -0.3 is 5.73 Å². The van der Waals surface area contributed by atoms with Crippen LogP contribution in [0.25, 0.3) is 17.1 Å². The smallest absolute Gasteiger partial charge is 0.368 e. The second-order valence-corrected chi connectivity index (χ2v) is 7.52. The van der Waals surface area contributed by atoms with E-state index in [1.54, 1.807) is 0 Å². The van der Waals surface area contributed by atoms with Gasteiger partial charge in [-0.05, 0) is 36.8 Å². The van der Waals surface area contributed by atoms with Crippen molar-refractivity contribution in [1.82, 2.24) is 14.8 Å². The maximum Gasteiger partial charge on any atom is 0.400 e. The summed E-state index contributed by atoms with van der Waals surface area (Å²) in [7, 11) is -2.55. The van der Waals surface area contributed by atoms with E-state index in [1.165, 1.54) is 6.92 Å². The number of nitrogens with zero attached hydrogens (tertiary/aromatic N) is 3. The van der Waals surface area contributed by atoms with Crippen molar-refractivity contribution in [2.75, 3.05) is 11.5 Å². The molecule has 0 amide bonds. The van der Waals surface area contributed by atoms with Gasteiger partial charge in [-0.15, -0.1) is 5.10 Å². The number of benzene rings is 2. The number of nitrogen functional groups attached to an aromatic ring is 1. The van der Waals surface area contributed by atoms with Crippen molar-refractivity contribution in [3.8, 4) is 17.1 Å². The molecule has 0 radical (unpaired) electrons. The van der Waals surface area contributed by atoms with Gasteiger partial charge in [0.05, 0.1) is 16.4 Å². The van der Waals surface area contributed by atoms with E-state index in [0.29, 0.717) is 10.7 Å². The number of alkyl halides is 3. The molecule has 1 heterocycles. The van der Waals surface area contributed by atoms with E-state index in [2.05, 4.69) is 10.1 Å². The lowest BCUT2D eigenvalue weighted by Crippen LogP contribution is -2.19. The molecule has 1 atom stereocenters. The Morgan fingerprint density at radius 1 is 1.07 bits per heavy atom. The molecule has 3 aromatic rings. The van der Waals surface area contributed by atoms with Gasteiger partial charge >= 0.3 is 6.18 Å². The lowest BCUT2D eigenvalue weighted by atomic mass is 10.2. The van der Waals surface area contributed by atoms with Crippen LogP contribution in [-0.4, -0.2) is 30.9 Å². The minimum atomic E-state index is -4.73. The number of aryl methyl sites for hydroxylation is 1. The molecule has 0 aliphatic rings. The number of aromatic nitrogens is 3. The molecule has 0 spiro atoms. The largest absolute Gasteiger partial charge is 0.400 e. The molecule has 2 aromatic carbocycles. The van der Waals surface area contributed by atoms with Crippen LogP contribution in [0.15, 0.2) is 29.2 Å². The highest BCUT2D eigenvalue weighted by Crippen LogP contribution is 2.29. The molecule has 13 heteroatoms. The highest BCUT2D eigenvalue weighted by molar-refractivity contribution is 7.85. The Kier molecular flexibility index (Phi) is 5.58. The molecule has 0 aliphatic carbocycles. The quantitative estimate of drug-likeness (QED) is 0.479. The summed E-state index contributed by atoms with van der Waals surface area (Å²) in [6.07, 6.45) is -4.73. The number of rotatable bonds is 4. The van der Waals surface area contributed by atoms with Gasteiger partial charge in [0, 0.05) is 4.90 Å². The Hall–Kier alpha value is -2.96. The van der Waals surface area contributed by atoms with Gasteiger partial charge in [-0.1, -0.05) is 0 Å². The molecular formula is C17H11F7N4OS. The predicted octanol–water partition coefficient (Wildman–Crippen LogP) is 4.05. The summed E-state index contributed by atoms with van der Waals surface area (Å²) in [4.78, 5) is 3.34. The molecule has 5 nitrogen and oxygen atoms in total. The van der Waals surface area contributed by atoms with Gasteiger partial charge in [-0.2, -0.15) is 22.8 Å². The third-order valence-electron chi connectivity index (χ3n) is 3.92. The summed E-state index contributed by atoms with van der Waals surface area (Å²) in [5.74, 6) is -8.54. The fraction of sp³-hybridized carbons (Fsp3) is 0.176. The zero-order chi connectivity index (χ0) is 22.4. The fourth-order valence-corrected chi connectivity index (χ4v) is 3.70. The van der Waals surface area contributed by atoms with Crippen LogP contribution in [0, 0.1) is 30.2 Å². The first-order valence-corrected chi connectivity index (χ1v) is 9.33. The summed E-state index contributed by atoms with van der Waals surface area (Å²) >= 11 is 0. The monoisotopic (exact) mass is 452 g/mol. The highest BCUT2D eigenvalue weighted by atomic mass is 32.2. The number of hydrogen-bond donors (Lipinski definition) is 1. The van der Waals surface area contributed by atoms with Crippen LogP contribution in [-0.2, 0) is 10.8 Å². The second-order valence-electron chi connectivity index (χ2n) is 6.10. The van der Waals surface area contributed by atoms with E-state index < -0.39 is 69.0 Å². The number of anilines is 1. The van der Waals surface area contributed by atoms with E-state index in [0.717, 1.165) is 18.2 Å². The van der Waals surface area contributed by atoms with Crippen LogP contribution in [0.1, 0.15) is 5.56 Å². The zero-order valence-corrected chi connectivity index (χ0v) is 15.7. The third kappa shape index (κ3) is 4.15. The number of nitrogens with two attached hydrogens (primary N) is 1. The maximum atomic E-state index is 14.5. The standard InChI is InChI=1S/C17H11F7N4OS/c1-7-4-10(19)11(5-12(7)30(29)6-17(22,23)24)28-16(25)26-15(27-28)8-2-3-9(18)14(21)13(8)20/h2-5H,6H2,1H3,(H2,25,26,27). The van der Waals surface area contributed by atoms with Gasteiger partial charge in [0.15, 0.2) is 23.3 Å². The van der Waals surface area contributed by atoms with Crippen LogP contribution in [0.3, 0.4) is 0 Å². The first kappa shape index (κ1) is 21.7. The SMILES string of the molecule is Cc1cc(F)c(-n2nc(-c3ccc(F)c(F)c3F)nc2N)cc1S(=O)CC(F)(F)F. The van der Waals surface area contributed by atoms with Crippen molar-refractivity contribution in [3.63, 3.8) is 0 Å². The van der Waals surface area contributed by atoms with Crippen LogP contribution < -0.4 is 5.73 Å². The van der Waals surface area contributed by atoms with E-state index in [9.17, 15) is 34.9 Å². The van der Waals surface area contributed by atoms with Gasteiger partial charge in [-0.3, -0.25) is 4.21 Å². The number of halogens is 7. The molecule has 0 bridgehead atoms. The first-order valence-electron chi connectivity index (χ1n) is 8.01. The van der Waals surface area contributed by atoms with Crippen molar-refractivity contribution < 1.29 is 34.9 Å². The van der Waals surface area contributed by atoms with Crippen molar-refractivity contribution in [2.45, 2.75) is 18.0 Å². The summed E-state index contributed by atoms with van der Waals surface area (Å²) in [6.45, 7) is 1.27. The van der Waals surface area contributed by atoms with E-state index in [4.69, 9.17) is 5.73 Å². The van der Waals surface area contributed by atoms with Crippen LogP contribution in [0.4, 0.5) is 36.7 Å². The molecule has 2 N–H and O–H groups in total. The maximum absolute atomic E-state index is 14.5. The average molecular weight is 452 g/mol. The number of hydrogen-bond acceptors (Lipinski definition) is 4. The highest BCUT2D eigenvalue weighted by Gasteiger charge is 2.32. The molecule has 0 aliphatic heterocycles. The summed E-state index contributed by atoms with van der Waals surface area (Å²) in [5, 5.41) is 3.74. The lowest BCUT2D eigenvalue weighted by molar-refractivity contribution is -0.105. The molecule has 30 heavy (non-hydrogen) atoms. The molecule has 1 unspecified atom stereocenters. The molecule has 3 rings (SSSR count). The Labute approximate surface area is 166 Å². The van der Waals surface area contributed by atoms with E-state index in [-0.39, 0.29) is 10.5 Å². The fourth-order valence-electron chi connectivity index (χ4n) is 2.59. The van der Waals surface area contributed by atoms with Crippen molar-refractivity contribution in [3.05, 3.63) is 53.1 Å². The molecule has 160 valence electrons. The van der Waals surface area contributed by atoms with E-state index in [1.807, 2.05) is 0 Å². The molecular weight excluding hydrogens is 441 g/mol.